The number of halogens is 1. The molecule has 14 heavy (non-hydrogen) atoms. The lowest BCUT2D eigenvalue weighted by Gasteiger charge is -2.07. The molecule has 0 radical (unpaired) electrons. The summed E-state index contributed by atoms with van der Waals surface area (Å²) in [7, 11) is 0. The van der Waals surface area contributed by atoms with E-state index in [0.29, 0.717) is 5.92 Å². The molecule has 0 unspecified atom stereocenters. The van der Waals surface area contributed by atoms with E-state index < -0.39 is 0 Å². The first-order chi connectivity index (χ1) is 6.72. The van der Waals surface area contributed by atoms with Crippen LogP contribution in [0.1, 0.15) is 19.4 Å². The molecule has 0 amide bonds. The molecule has 0 aliphatic heterocycles. The number of benzene rings is 1. The van der Waals surface area contributed by atoms with Crippen molar-refractivity contribution >= 4 is 15.9 Å². The Kier molecular flexibility index (Phi) is 4.95. The minimum Gasteiger partial charge on any atom is -0.0880 e. The number of alkyl halides is 1. The molecule has 0 bridgehead atoms. The molecular weight excluding hydrogens is 236 g/mol. The maximum atomic E-state index is 3.46. The minimum atomic E-state index is 0.620. The molecule has 1 rings (SSSR count). The van der Waals surface area contributed by atoms with Gasteiger partial charge in [0.05, 0.1) is 0 Å². The Morgan fingerprint density at radius 2 is 2.00 bits per heavy atom. The Labute approximate surface area is 95.2 Å². The van der Waals surface area contributed by atoms with Gasteiger partial charge in [-0.05, 0) is 24.8 Å². The zero-order valence-corrected chi connectivity index (χ0v) is 10.4. The first kappa shape index (κ1) is 11.5. The lowest BCUT2D eigenvalue weighted by atomic mass is 9.99. The monoisotopic (exact) mass is 252 g/mol. The highest BCUT2D eigenvalue weighted by Gasteiger charge is 2.00. The van der Waals surface area contributed by atoms with Crippen LogP contribution in [0, 0.1) is 5.92 Å². The van der Waals surface area contributed by atoms with E-state index in [1.165, 1.54) is 11.1 Å². The molecule has 1 aromatic rings. The van der Waals surface area contributed by atoms with Crippen LogP contribution in [-0.2, 0) is 6.42 Å². The molecule has 0 saturated heterocycles. The summed E-state index contributed by atoms with van der Waals surface area (Å²) in [6, 6.07) is 10.6. The van der Waals surface area contributed by atoms with E-state index in [1.54, 1.807) is 0 Å². The van der Waals surface area contributed by atoms with Gasteiger partial charge in [-0.3, -0.25) is 0 Å². The average Bonchev–Trinajstić information content (AvgIpc) is 2.19. The van der Waals surface area contributed by atoms with Crippen LogP contribution in [0.25, 0.3) is 0 Å². The smallest absolute Gasteiger partial charge is 0.0239 e. The van der Waals surface area contributed by atoms with Gasteiger partial charge in [0, 0.05) is 5.33 Å². The van der Waals surface area contributed by atoms with E-state index in [-0.39, 0.29) is 0 Å². The van der Waals surface area contributed by atoms with Crippen LogP contribution in [-0.4, -0.2) is 5.33 Å². The molecule has 0 heterocycles. The normalized spacial score (nSPS) is 14.1. The molecule has 1 heteroatoms. The highest BCUT2D eigenvalue weighted by Crippen LogP contribution is 2.12. The van der Waals surface area contributed by atoms with Crippen LogP contribution in [0.4, 0.5) is 0 Å². The summed E-state index contributed by atoms with van der Waals surface area (Å²) >= 11 is 3.46. The van der Waals surface area contributed by atoms with Crippen LogP contribution in [0.3, 0.4) is 0 Å². The van der Waals surface area contributed by atoms with Gasteiger partial charge >= 0.3 is 0 Å². The Bertz CT molecular complexity index is 287. The maximum Gasteiger partial charge on any atom is 0.0239 e. The van der Waals surface area contributed by atoms with E-state index in [1.807, 2.05) is 0 Å². The van der Waals surface area contributed by atoms with Crippen LogP contribution < -0.4 is 0 Å². The highest BCUT2D eigenvalue weighted by molar-refractivity contribution is 9.09. The van der Waals surface area contributed by atoms with Gasteiger partial charge in [-0.15, -0.1) is 0 Å². The first-order valence-electron chi connectivity index (χ1n) is 4.99. The van der Waals surface area contributed by atoms with Gasteiger partial charge in [0.25, 0.3) is 0 Å². The van der Waals surface area contributed by atoms with Crippen molar-refractivity contribution in [3.63, 3.8) is 0 Å². The van der Waals surface area contributed by atoms with E-state index in [4.69, 9.17) is 0 Å². The summed E-state index contributed by atoms with van der Waals surface area (Å²) in [5.74, 6) is 0.620. The summed E-state index contributed by atoms with van der Waals surface area (Å²) in [6.07, 6.45) is 3.47. The summed E-state index contributed by atoms with van der Waals surface area (Å²) in [6.45, 7) is 4.43. The number of hydrogen-bond donors (Lipinski definition) is 0. The second-order valence-electron chi connectivity index (χ2n) is 3.81. The number of allylic oxidation sites excluding steroid dienone is 2. The molecule has 0 aromatic heterocycles. The summed E-state index contributed by atoms with van der Waals surface area (Å²) in [4.78, 5) is 0. The fourth-order valence-electron chi connectivity index (χ4n) is 1.58. The fraction of sp³-hybridized carbons (Fsp3) is 0.385. The maximum absolute atomic E-state index is 3.46. The van der Waals surface area contributed by atoms with Crippen molar-refractivity contribution in [1.82, 2.24) is 0 Å². The molecule has 0 aliphatic carbocycles. The fourth-order valence-corrected chi connectivity index (χ4v) is 1.76. The van der Waals surface area contributed by atoms with Crippen LogP contribution in [0.15, 0.2) is 42.0 Å². The van der Waals surface area contributed by atoms with Crippen molar-refractivity contribution in [2.45, 2.75) is 20.3 Å². The Morgan fingerprint density at radius 1 is 1.36 bits per heavy atom. The third kappa shape index (κ3) is 4.10. The number of hydrogen-bond acceptors (Lipinski definition) is 0. The third-order valence-electron chi connectivity index (χ3n) is 2.18. The van der Waals surface area contributed by atoms with E-state index >= 15 is 0 Å². The van der Waals surface area contributed by atoms with Gasteiger partial charge in [0.2, 0.25) is 0 Å². The summed E-state index contributed by atoms with van der Waals surface area (Å²) < 4.78 is 0. The minimum absolute atomic E-state index is 0.620. The van der Waals surface area contributed by atoms with Crippen molar-refractivity contribution in [1.29, 1.82) is 0 Å². The van der Waals surface area contributed by atoms with Crippen LogP contribution >= 0.6 is 15.9 Å². The van der Waals surface area contributed by atoms with E-state index in [9.17, 15) is 0 Å². The largest absolute Gasteiger partial charge is 0.0880 e. The summed E-state index contributed by atoms with van der Waals surface area (Å²) in [5.41, 5.74) is 2.83. The summed E-state index contributed by atoms with van der Waals surface area (Å²) in [5, 5.41) is 0.978. The first-order valence-corrected chi connectivity index (χ1v) is 6.11. The van der Waals surface area contributed by atoms with Gasteiger partial charge in [-0.2, -0.15) is 0 Å². The molecule has 76 valence electrons. The van der Waals surface area contributed by atoms with Gasteiger partial charge in [-0.25, -0.2) is 0 Å². The Balaban J connectivity index is 2.53. The van der Waals surface area contributed by atoms with Gasteiger partial charge in [0.1, 0.15) is 0 Å². The standard InChI is InChI=1S/C13H17Br/c1-11(8-12(2)10-14)9-13-6-4-3-5-7-13/h3-8,11H,9-10H2,1-2H3/t11-/m0/s1. The van der Waals surface area contributed by atoms with Crippen molar-refractivity contribution in [2.75, 3.05) is 5.33 Å². The topological polar surface area (TPSA) is 0 Å². The molecule has 1 atom stereocenters. The zero-order chi connectivity index (χ0) is 10.4. The van der Waals surface area contributed by atoms with Crippen molar-refractivity contribution in [3.05, 3.63) is 47.5 Å². The molecule has 0 aliphatic rings. The lowest BCUT2D eigenvalue weighted by molar-refractivity contribution is 0.718. The molecule has 1 aromatic carbocycles. The second-order valence-corrected chi connectivity index (χ2v) is 4.37. The molecule has 0 nitrogen and oxygen atoms in total. The van der Waals surface area contributed by atoms with Crippen molar-refractivity contribution in [3.8, 4) is 0 Å². The van der Waals surface area contributed by atoms with E-state index in [2.05, 4.69) is 66.2 Å². The molecule has 0 saturated carbocycles. The van der Waals surface area contributed by atoms with Gasteiger partial charge in [0.15, 0.2) is 0 Å². The number of rotatable bonds is 4. The van der Waals surface area contributed by atoms with Crippen LogP contribution in [0.5, 0.6) is 0 Å². The third-order valence-corrected chi connectivity index (χ3v) is 3.06. The lowest BCUT2D eigenvalue weighted by Crippen LogP contribution is -1.97. The van der Waals surface area contributed by atoms with Gasteiger partial charge in [-0.1, -0.05) is 64.8 Å². The molecule has 0 fully saturated rings. The van der Waals surface area contributed by atoms with Crippen LogP contribution in [0.2, 0.25) is 0 Å². The Hall–Kier alpha value is -0.560. The SMILES string of the molecule is CC(=C[C@H](C)Cc1ccccc1)CBr. The second kappa shape index (κ2) is 6.02. The quantitative estimate of drug-likeness (QED) is 0.557. The highest BCUT2D eigenvalue weighted by atomic mass is 79.9. The van der Waals surface area contributed by atoms with Crippen molar-refractivity contribution in [2.24, 2.45) is 5.92 Å². The average molecular weight is 253 g/mol. The predicted octanol–water partition coefficient (Wildman–Crippen LogP) is 4.21. The molecule has 0 N–H and O–H groups in total. The van der Waals surface area contributed by atoms with Gasteiger partial charge < -0.3 is 0 Å². The Morgan fingerprint density at radius 3 is 2.57 bits per heavy atom. The zero-order valence-electron chi connectivity index (χ0n) is 8.83. The van der Waals surface area contributed by atoms with E-state index in [0.717, 1.165) is 11.8 Å². The predicted molar refractivity (Wildman–Crippen MR) is 66.9 cm³/mol. The molecule has 0 spiro atoms. The molecular formula is C13H17Br. The van der Waals surface area contributed by atoms with Crippen molar-refractivity contribution < 1.29 is 0 Å².